The van der Waals surface area contributed by atoms with Crippen molar-refractivity contribution in [2.24, 2.45) is 9.98 Å². The van der Waals surface area contributed by atoms with E-state index >= 15 is 0 Å². The number of benzene rings is 4. The molecular weight excluding hydrogens is 883 g/mol. The number of hydrogen-bond acceptors (Lipinski definition) is 8. The number of aryl methyl sites for hydroxylation is 2. The van der Waals surface area contributed by atoms with Gasteiger partial charge in [0.2, 0.25) is 0 Å². The standard InChI is InChI=1S/2C27H19N4O2.Ni/c2*1-14-20(13-28)16(3)30-24(14)27(25-15(2)23(29-5)17(4)31-25)33-22-12-8-10-19-18-9-6-7-11-21(18)32-26(19)22;/h2*6-12H,1-4H3;/q2*-1;+2/b2*27-24+;. The molecule has 8 aromatic rings. The SMILES string of the molecule is [C-]#[N+]c1c(C)[n-]c(/C(Oc2cccc3c2oc2ccccc23)=C2\N=C(C)C(C#N)=C2C)c1C.[C-]#[N+]c1c(C)[n-]c(/C(Oc2cccc3c2oc2ccccc23)=C2\N=C(C)C(C#N)=C2C)c1C.[Ni+2]. The van der Waals surface area contributed by atoms with E-state index in [4.69, 9.17) is 31.5 Å². The molecule has 0 fully saturated rings. The third-order valence-electron chi connectivity index (χ3n) is 11.9. The molecule has 0 amide bonds. The van der Waals surface area contributed by atoms with Crippen molar-refractivity contribution < 1.29 is 34.8 Å². The maximum Gasteiger partial charge on any atom is 2.00 e. The fraction of sp³-hybridized carbons (Fsp3) is 0.148. The predicted molar refractivity (Wildman–Crippen MR) is 256 cm³/mol. The van der Waals surface area contributed by atoms with E-state index in [1.54, 1.807) is 27.7 Å². The first-order chi connectivity index (χ1) is 31.9. The summed E-state index contributed by atoms with van der Waals surface area (Å²) in [7, 11) is 0. The van der Waals surface area contributed by atoms with Crippen LogP contribution in [-0.2, 0) is 16.5 Å². The van der Waals surface area contributed by atoms with Crippen molar-refractivity contribution >= 4 is 78.2 Å². The average Bonchev–Trinajstić information content (AvgIpc) is 4.14. The van der Waals surface area contributed by atoms with Crippen LogP contribution in [0.2, 0.25) is 0 Å². The molecule has 6 heterocycles. The summed E-state index contributed by atoms with van der Waals surface area (Å²) in [6.45, 7) is 29.7. The average molecular weight is 922 g/mol. The van der Waals surface area contributed by atoms with E-state index in [-0.39, 0.29) is 16.5 Å². The van der Waals surface area contributed by atoms with Crippen LogP contribution in [0.4, 0.5) is 11.4 Å². The van der Waals surface area contributed by atoms with Gasteiger partial charge in [0.05, 0.1) is 35.7 Å². The molecule has 4 aromatic carbocycles. The summed E-state index contributed by atoms with van der Waals surface area (Å²) in [6.07, 6.45) is 0. The van der Waals surface area contributed by atoms with Crippen molar-refractivity contribution in [3.05, 3.63) is 175 Å². The molecule has 2 aliphatic heterocycles. The Hall–Kier alpha value is -8.61. The number of furan rings is 2. The van der Waals surface area contributed by atoms with Crippen molar-refractivity contribution in [2.45, 2.75) is 55.4 Å². The molecule has 0 aliphatic carbocycles. The number of aliphatic imine (C=N–C) groups is 2. The summed E-state index contributed by atoms with van der Waals surface area (Å²) in [4.78, 5) is 25.9. The predicted octanol–water partition coefficient (Wildman–Crippen LogP) is 13.5. The van der Waals surface area contributed by atoms with Gasteiger partial charge in [-0.15, -0.1) is 0 Å². The molecule has 0 bridgehead atoms. The van der Waals surface area contributed by atoms with Gasteiger partial charge >= 0.3 is 16.5 Å². The van der Waals surface area contributed by atoms with Crippen LogP contribution in [0.3, 0.4) is 0 Å². The van der Waals surface area contributed by atoms with Crippen molar-refractivity contribution in [2.75, 3.05) is 0 Å². The molecule has 328 valence electrons. The van der Waals surface area contributed by atoms with Crippen LogP contribution in [0.5, 0.6) is 11.5 Å². The summed E-state index contributed by atoms with van der Waals surface area (Å²) in [5.74, 6) is 1.84. The van der Waals surface area contributed by atoms with Gasteiger partial charge < -0.3 is 28.3 Å². The van der Waals surface area contributed by atoms with E-state index in [1.165, 1.54) is 0 Å². The topological polar surface area (TPSA) is 154 Å². The number of allylic oxidation sites excluding steroid dienone is 4. The van der Waals surface area contributed by atoms with Gasteiger partial charge in [0, 0.05) is 21.5 Å². The molecule has 0 radical (unpaired) electrons. The molecule has 12 nitrogen and oxygen atoms in total. The minimum Gasteiger partial charge on any atom is -0.669 e. The minimum atomic E-state index is 0. The van der Waals surface area contributed by atoms with Gasteiger partial charge in [-0.25, -0.2) is 19.7 Å². The molecule has 0 spiro atoms. The Morgan fingerprint density at radius 3 is 1.27 bits per heavy atom. The third-order valence-corrected chi connectivity index (χ3v) is 11.9. The summed E-state index contributed by atoms with van der Waals surface area (Å²) in [5.41, 5.74) is 12.3. The Labute approximate surface area is 396 Å². The number of nitriles is 2. The molecular formula is C54H38N8NiO4. The second kappa shape index (κ2) is 17.8. The van der Waals surface area contributed by atoms with Gasteiger partial charge in [-0.2, -0.15) is 21.9 Å². The number of rotatable bonds is 6. The van der Waals surface area contributed by atoms with Crippen molar-refractivity contribution in [3.8, 4) is 23.6 Å². The monoisotopic (exact) mass is 920 g/mol. The Balaban J connectivity index is 0.000000179. The minimum absolute atomic E-state index is 0. The van der Waals surface area contributed by atoms with Gasteiger partial charge in [0.15, 0.2) is 34.0 Å². The van der Waals surface area contributed by atoms with E-state index < -0.39 is 0 Å². The summed E-state index contributed by atoms with van der Waals surface area (Å²) in [5, 5.41) is 23.1. The molecule has 0 unspecified atom stereocenters. The number of para-hydroxylation sites is 4. The summed E-state index contributed by atoms with van der Waals surface area (Å²) in [6, 6.07) is 31.6. The Bertz CT molecular complexity index is 3550. The number of nitrogens with zero attached hydrogens (tertiary/aromatic N) is 8. The first-order valence-corrected chi connectivity index (χ1v) is 20.9. The zero-order chi connectivity index (χ0) is 46.6. The number of hydrogen-bond donors (Lipinski definition) is 0. The fourth-order valence-corrected chi connectivity index (χ4v) is 8.55. The summed E-state index contributed by atoms with van der Waals surface area (Å²) >= 11 is 0. The molecule has 13 heteroatoms. The van der Waals surface area contributed by atoms with Crippen LogP contribution in [0.1, 0.15) is 61.6 Å². The van der Waals surface area contributed by atoms with Crippen LogP contribution in [0.15, 0.2) is 137 Å². The maximum absolute atomic E-state index is 9.61. The second-order valence-electron chi connectivity index (χ2n) is 15.9. The van der Waals surface area contributed by atoms with Crippen molar-refractivity contribution in [3.63, 3.8) is 0 Å². The molecule has 0 atom stereocenters. The van der Waals surface area contributed by atoms with Crippen molar-refractivity contribution in [1.29, 1.82) is 10.5 Å². The van der Waals surface area contributed by atoms with Gasteiger partial charge in [-0.05, 0) is 63.1 Å². The van der Waals surface area contributed by atoms with Gasteiger partial charge in [0.25, 0.3) is 0 Å². The van der Waals surface area contributed by atoms with E-state index in [9.17, 15) is 10.5 Å². The van der Waals surface area contributed by atoms with Crippen LogP contribution in [0.25, 0.3) is 65.1 Å². The molecule has 0 N–H and O–H groups in total. The Morgan fingerprint density at radius 2 is 0.925 bits per heavy atom. The van der Waals surface area contributed by atoms with E-state index in [0.717, 1.165) is 32.7 Å². The van der Waals surface area contributed by atoms with Crippen LogP contribution in [0, 0.1) is 63.5 Å². The van der Waals surface area contributed by atoms with Crippen LogP contribution < -0.4 is 19.4 Å². The molecule has 4 aromatic heterocycles. The number of ether oxygens (including phenoxy) is 2. The first-order valence-electron chi connectivity index (χ1n) is 20.9. The zero-order valence-electron chi connectivity index (χ0n) is 37.6. The van der Waals surface area contributed by atoms with Crippen LogP contribution >= 0.6 is 0 Å². The smallest absolute Gasteiger partial charge is 0.669 e. The van der Waals surface area contributed by atoms with Crippen LogP contribution in [-0.4, -0.2) is 11.4 Å². The van der Waals surface area contributed by atoms with Gasteiger partial charge in [0.1, 0.15) is 46.2 Å². The molecule has 0 saturated heterocycles. The molecule has 2 aliphatic rings. The normalized spacial score (nSPS) is 14.8. The Kier molecular flexibility index (Phi) is 11.9. The molecule has 67 heavy (non-hydrogen) atoms. The van der Waals surface area contributed by atoms with E-state index in [0.29, 0.717) is 125 Å². The number of aromatic nitrogens is 2. The zero-order valence-corrected chi connectivity index (χ0v) is 38.6. The summed E-state index contributed by atoms with van der Waals surface area (Å²) < 4.78 is 25.3. The third kappa shape index (κ3) is 7.48. The molecule has 10 rings (SSSR count). The Morgan fingerprint density at radius 1 is 0.552 bits per heavy atom. The van der Waals surface area contributed by atoms with E-state index in [2.05, 4.69) is 41.8 Å². The van der Waals surface area contributed by atoms with Gasteiger partial charge in [-0.1, -0.05) is 111 Å². The van der Waals surface area contributed by atoms with E-state index in [1.807, 2.05) is 113 Å². The largest absolute Gasteiger partial charge is 2.00 e. The quantitative estimate of drug-likeness (QED) is 0.0907. The maximum atomic E-state index is 9.61. The first kappa shape index (κ1) is 45.0. The fourth-order valence-electron chi connectivity index (χ4n) is 8.55. The van der Waals surface area contributed by atoms with Gasteiger partial charge in [-0.3, -0.25) is 0 Å². The number of fused-ring (bicyclic) bond motifs is 6. The molecule has 0 saturated carbocycles. The van der Waals surface area contributed by atoms with Crippen molar-refractivity contribution in [1.82, 2.24) is 9.97 Å². The second-order valence-corrected chi connectivity index (χ2v) is 15.9.